The van der Waals surface area contributed by atoms with E-state index in [1.807, 2.05) is 0 Å². The number of hydrogen-bond acceptors (Lipinski definition) is 5. The first-order chi connectivity index (χ1) is 10.7. The first-order valence-electron chi connectivity index (χ1n) is 6.61. The molecule has 0 aliphatic rings. The van der Waals surface area contributed by atoms with Crippen molar-refractivity contribution in [3.63, 3.8) is 0 Å². The van der Waals surface area contributed by atoms with Crippen LogP contribution in [0, 0.1) is 0 Å². The van der Waals surface area contributed by atoms with Crippen molar-refractivity contribution in [2.75, 3.05) is 14.2 Å². The Labute approximate surface area is 128 Å². The summed E-state index contributed by atoms with van der Waals surface area (Å²) in [5.74, 6) is 0.701. The standard InChI is InChI=1S/C17H16O5/c1-20-14-8-13(9-15(10-14)21-2)17(22-11-18)16(19)12-6-4-3-5-7-12/h3-11,17H,1-2H3. The van der Waals surface area contributed by atoms with Gasteiger partial charge in [0.2, 0.25) is 5.78 Å². The van der Waals surface area contributed by atoms with Crippen LogP contribution in [-0.2, 0) is 9.53 Å². The molecule has 2 rings (SSSR count). The first kappa shape index (κ1) is 15.6. The predicted octanol–water partition coefficient (Wildman–Crippen LogP) is 2.80. The van der Waals surface area contributed by atoms with Crippen LogP contribution >= 0.6 is 0 Å². The van der Waals surface area contributed by atoms with Gasteiger partial charge in [-0.15, -0.1) is 0 Å². The van der Waals surface area contributed by atoms with Crippen molar-refractivity contribution >= 4 is 12.3 Å². The van der Waals surface area contributed by atoms with Crippen molar-refractivity contribution in [3.8, 4) is 11.5 Å². The molecule has 0 saturated heterocycles. The molecule has 0 heterocycles. The minimum absolute atomic E-state index is 0.261. The lowest BCUT2D eigenvalue weighted by Gasteiger charge is -2.16. The molecule has 0 radical (unpaired) electrons. The quantitative estimate of drug-likeness (QED) is 0.581. The normalized spacial score (nSPS) is 11.4. The van der Waals surface area contributed by atoms with E-state index in [2.05, 4.69) is 0 Å². The fourth-order valence-corrected chi connectivity index (χ4v) is 2.08. The van der Waals surface area contributed by atoms with E-state index < -0.39 is 6.10 Å². The summed E-state index contributed by atoms with van der Waals surface area (Å²) in [6, 6.07) is 13.6. The Morgan fingerprint density at radius 1 is 1.00 bits per heavy atom. The number of carbonyl (C=O) groups is 2. The molecule has 114 valence electrons. The summed E-state index contributed by atoms with van der Waals surface area (Å²) in [5, 5.41) is 0. The SMILES string of the molecule is COc1cc(OC)cc(C(OC=O)C(=O)c2ccccc2)c1. The molecule has 0 aromatic heterocycles. The topological polar surface area (TPSA) is 61.8 Å². The van der Waals surface area contributed by atoms with E-state index in [-0.39, 0.29) is 12.3 Å². The van der Waals surface area contributed by atoms with Gasteiger partial charge in [-0.2, -0.15) is 0 Å². The molecule has 2 aromatic carbocycles. The minimum atomic E-state index is -1.05. The summed E-state index contributed by atoms with van der Waals surface area (Å²) in [4.78, 5) is 23.4. The molecule has 0 fully saturated rings. The molecule has 1 unspecified atom stereocenters. The molecule has 0 N–H and O–H groups in total. The highest BCUT2D eigenvalue weighted by Crippen LogP contribution is 2.30. The average molecular weight is 300 g/mol. The van der Waals surface area contributed by atoms with Crippen LogP contribution in [0.5, 0.6) is 11.5 Å². The highest BCUT2D eigenvalue weighted by Gasteiger charge is 2.24. The molecule has 22 heavy (non-hydrogen) atoms. The second-order valence-electron chi connectivity index (χ2n) is 4.49. The van der Waals surface area contributed by atoms with Crippen LogP contribution in [0.25, 0.3) is 0 Å². The minimum Gasteiger partial charge on any atom is -0.497 e. The molecule has 5 heteroatoms. The van der Waals surface area contributed by atoms with Crippen molar-refractivity contribution in [3.05, 3.63) is 59.7 Å². The molecular formula is C17H16O5. The van der Waals surface area contributed by atoms with Gasteiger partial charge in [0.05, 0.1) is 14.2 Å². The zero-order chi connectivity index (χ0) is 15.9. The van der Waals surface area contributed by atoms with Gasteiger partial charge in [0.1, 0.15) is 11.5 Å². The lowest BCUT2D eigenvalue weighted by atomic mass is 9.99. The second-order valence-corrected chi connectivity index (χ2v) is 4.49. The molecule has 0 bridgehead atoms. The fourth-order valence-electron chi connectivity index (χ4n) is 2.08. The number of carbonyl (C=O) groups excluding carboxylic acids is 2. The smallest absolute Gasteiger partial charge is 0.294 e. The third-order valence-corrected chi connectivity index (χ3v) is 3.16. The van der Waals surface area contributed by atoms with Crippen molar-refractivity contribution in [2.45, 2.75) is 6.10 Å². The number of hydrogen-bond donors (Lipinski definition) is 0. The van der Waals surface area contributed by atoms with E-state index >= 15 is 0 Å². The molecule has 1 atom stereocenters. The van der Waals surface area contributed by atoms with E-state index in [4.69, 9.17) is 14.2 Å². The van der Waals surface area contributed by atoms with E-state index in [1.165, 1.54) is 14.2 Å². The number of ketones is 1. The molecule has 0 aliphatic carbocycles. The van der Waals surface area contributed by atoms with Crippen LogP contribution in [0.4, 0.5) is 0 Å². The van der Waals surface area contributed by atoms with Gasteiger partial charge in [0.15, 0.2) is 6.10 Å². The third-order valence-electron chi connectivity index (χ3n) is 3.16. The molecule has 0 aliphatic heterocycles. The van der Waals surface area contributed by atoms with E-state index in [1.54, 1.807) is 48.5 Å². The maximum Gasteiger partial charge on any atom is 0.294 e. The lowest BCUT2D eigenvalue weighted by molar-refractivity contribution is -0.132. The van der Waals surface area contributed by atoms with Crippen molar-refractivity contribution < 1.29 is 23.8 Å². The zero-order valence-electron chi connectivity index (χ0n) is 12.3. The fraction of sp³-hybridized carbons (Fsp3) is 0.176. The maximum atomic E-state index is 12.6. The summed E-state index contributed by atoms with van der Waals surface area (Å²) in [6.07, 6.45) is -1.05. The Kier molecular flexibility index (Phi) is 5.14. The van der Waals surface area contributed by atoms with Gasteiger partial charge in [-0.25, -0.2) is 0 Å². The maximum absolute atomic E-state index is 12.6. The van der Waals surface area contributed by atoms with Crippen LogP contribution in [0.1, 0.15) is 22.0 Å². The molecule has 5 nitrogen and oxygen atoms in total. The zero-order valence-corrected chi connectivity index (χ0v) is 12.3. The van der Waals surface area contributed by atoms with Gasteiger partial charge in [0, 0.05) is 17.2 Å². The lowest BCUT2D eigenvalue weighted by Crippen LogP contribution is -2.16. The largest absolute Gasteiger partial charge is 0.497 e. The predicted molar refractivity (Wildman–Crippen MR) is 80.2 cm³/mol. The number of Topliss-reactive ketones (excluding diaryl/α,β-unsaturated/α-hetero) is 1. The Morgan fingerprint density at radius 3 is 2.09 bits per heavy atom. The van der Waals surface area contributed by atoms with Crippen molar-refractivity contribution in [1.29, 1.82) is 0 Å². The Hall–Kier alpha value is -2.82. The number of rotatable bonds is 7. The first-order valence-corrected chi connectivity index (χ1v) is 6.61. The Morgan fingerprint density at radius 2 is 1.59 bits per heavy atom. The van der Waals surface area contributed by atoms with E-state index in [0.29, 0.717) is 22.6 Å². The molecule has 0 spiro atoms. The second kappa shape index (κ2) is 7.26. The summed E-state index contributed by atoms with van der Waals surface area (Å²) >= 11 is 0. The third kappa shape index (κ3) is 3.44. The van der Waals surface area contributed by atoms with Gasteiger partial charge < -0.3 is 14.2 Å². The summed E-state index contributed by atoms with van der Waals surface area (Å²) in [6.45, 7) is 0.261. The van der Waals surface area contributed by atoms with Crippen molar-refractivity contribution in [1.82, 2.24) is 0 Å². The van der Waals surface area contributed by atoms with Crippen LogP contribution in [0.3, 0.4) is 0 Å². The summed E-state index contributed by atoms with van der Waals surface area (Å²) in [5.41, 5.74) is 0.938. The van der Waals surface area contributed by atoms with Crippen molar-refractivity contribution in [2.24, 2.45) is 0 Å². The monoisotopic (exact) mass is 300 g/mol. The molecular weight excluding hydrogens is 284 g/mol. The molecule has 0 amide bonds. The molecule has 0 saturated carbocycles. The highest BCUT2D eigenvalue weighted by atomic mass is 16.5. The van der Waals surface area contributed by atoms with E-state index in [0.717, 1.165) is 0 Å². The van der Waals surface area contributed by atoms with Crippen LogP contribution in [-0.4, -0.2) is 26.5 Å². The number of methoxy groups -OCH3 is 2. The summed E-state index contributed by atoms with van der Waals surface area (Å²) in [7, 11) is 3.01. The van der Waals surface area contributed by atoms with Gasteiger partial charge >= 0.3 is 0 Å². The molecule has 2 aromatic rings. The number of benzene rings is 2. The van der Waals surface area contributed by atoms with Crippen LogP contribution < -0.4 is 9.47 Å². The van der Waals surface area contributed by atoms with Gasteiger partial charge in [-0.05, 0) is 12.1 Å². The summed E-state index contributed by atoms with van der Waals surface area (Å²) < 4.78 is 15.4. The number of ether oxygens (including phenoxy) is 3. The Balaban J connectivity index is 2.43. The highest BCUT2D eigenvalue weighted by molar-refractivity contribution is 6.00. The average Bonchev–Trinajstić information content (AvgIpc) is 2.59. The van der Waals surface area contributed by atoms with Gasteiger partial charge in [-0.1, -0.05) is 30.3 Å². The van der Waals surface area contributed by atoms with Gasteiger partial charge in [0.25, 0.3) is 6.47 Å². The van der Waals surface area contributed by atoms with Gasteiger partial charge in [-0.3, -0.25) is 9.59 Å². The Bertz CT molecular complexity index is 629. The van der Waals surface area contributed by atoms with Crippen LogP contribution in [0.2, 0.25) is 0 Å². The van der Waals surface area contributed by atoms with Crippen LogP contribution in [0.15, 0.2) is 48.5 Å². The van der Waals surface area contributed by atoms with E-state index in [9.17, 15) is 9.59 Å².